The van der Waals surface area contributed by atoms with Gasteiger partial charge in [-0.05, 0) is 18.6 Å². The molecule has 0 saturated carbocycles. The molecular formula is C14H17NOS. The normalized spacial score (nSPS) is 14.8. The maximum absolute atomic E-state index is 9.48. The van der Waals surface area contributed by atoms with Gasteiger partial charge in [-0.1, -0.05) is 31.2 Å². The third kappa shape index (κ3) is 2.99. The number of aliphatic hydroxyl groups excluding tert-OH is 1. The average Bonchev–Trinajstić information content (AvgIpc) is 2.35. The zero-order valence-electron chi connectivity index (χ0n) is 10.1. The number of benzene rings is 1. The number of aliphatic hydroxyl groups is 1. The van der Waals surface area contributed by atoms with Crippen molar-refractivity contribution in [3.63, 3.8) is 0 Å². The lowest BCUT2D eigenvalue weighted by atomic mass is 10.1. The molecule has 0 amide bonds. The minimum Gasteiger partial charge on any atom is -0.392 e. The molecule has 1 aromatic carbocycles. The highest BCUT2D eigenvalue weighted by atomic mass is 32.2. The molecule has 0 spiro atoms. The second-order valence-electron chi connectivity index (χ2n) is 4.25. The average molecular weight is 247 g/mol. The molecule has 1 aromatic heterocycles. The van der Waals surface area contributed by atoms with Crippen LogP contribution in [0.2, 0.25) is 0 Å². The van der Waals surface area contributed by atoms with Gasteiger partial charge in [0.25, 0.3) is 0 Å². The van der Waals surface area contributed by atoms with Gasteiger partial charge in [0, 0.05) is 22.6 Å². The number of nitrogens with zero attached hydrogens (tertiary/aromatic N) is 1. The number of rotatable bonds is 4. The fourth-order valence-corrected chi connectivity index (χ4v) is 2.60. The van der Waals surface area contributed by atoms with E-state index in [2.05, 4.69) is 29.2 Å². The summed E-state index contributed by atoms with van der Waals surface area (Å²) in [6.45, 7) is 3.88. The number of para-hydroxylation sites is 1. The van der Waals surface area contributed by atoms with E-state index in [0.29, 0.717) is 0 Å². The Balaban J connectivity index is 2.19. The number of thioether (sulfide) groups is 1. The lowest BCUT2D eigenvalue weighted by Gasteiger charge is -2.14. The van der Waals surface area contributed by atoms with Crippen molar-refractivity contribution in [3.05, 3.63) is 42.1 Å². The van der Waals surface area contributed by atoms with Crippen molar-refractivity contribution in [2.24, 2.45) is 0 Å². The summed E-state index contributed by atoms with van der Waals surface area (Å²) in [5.74, 6) is 0.889. The van der Waals surface area contributed by atoms with Gasteiger partial charge in [-0.3, -0.25) is 4.98 Å². The molecule has 2 nitrogen and oxygen atoms in total. The van der Waals surface area contributed by atoms with Crippen LogP contribution in [0.4, 0.5) is 0 Å². The Bertz CT molecular complexity index is 493. The summed E-state index contributed by atoms with van der Waals surface area (Å²) >= 11 is 1.76. The minimum absolute atomic E-state index is 0.244. The van der Waals surface area contributed by atoms with E-state index in [1.165, 1.54) is 10.9 Å². The Kier molecular flexibility index (Phi) is 4.02. The molecule has 2 atom stereocenters. The maximum atomic E-state index is 9.48. The highest BCUT2D eigenvalue weighted by Gasteiger charge is 2.10. The summed E-state index contributed by atoms with van der Waals surface area (Å²) in [4.78, 5) is 4.43. The van der Waals surface area contributed by atoms with E-state index in [4.69, 9.17) is 0 Å². The van der Waals surface area contributed by atoms with Crippen LogP contribution in [0.25, 0.3) is 10.9 Å². The molecule has 1 heterocycles. The zero-order chi connectivity index (χ0) is 12.3. The van der Waals surface area contributed by atoms with Crippen LogP contribution in [-0.2, 0) is 5.75 Å². The standard InChI is InChI=1S/C14H17NOS/c1-10(16)11(2)17-9-13-6-3-5-12-7-4-8-15-14(12)13/h3-8,10-11,16H,9H2,1-2H3/t10-,11-/m0/s1. The first kappa shape index (κ1) is 12.4. The third-order valence-corrected chi connectivity index (χ3v) is 4.29. The van der Waals surface area contributed by atoms with Crippen molar-refractivity contribution in [3.8, 4) is 0 Å². The second-order valence-corrected chi connectivity index (χ2v) is 5.61. The van der Waals surface area contributed by atoms with Crippen LogP contribution < -0.4 is 0 Å². The molecule has 90 valence electrons. The maximum Gasteiger partial charge on any atom is 0.0742 e. The predicted octanol–water partition coefficient (Wildman–Crippen LogP) is 3.24. The molecule has 0 aliphatic rings. The van der Waals surface area contributed by atoms with E-state index in [1.54, 1.807) is 11.8 Å². The molecule has 1 N–H and O–H groups in total. The van der Waals surface area contributed by atoms with E-state index in [-0.39, 0.29) is 11.4 Å². The van der Waals surface area contributed by atoms with Crippen LogP contribution in [0, 0.1) is 0 Å². The largest absolute Gasteiger partial charge is 0.392 e. The van der Waals surface area contributed by atoms with Gasteiger partial charge < -0.3 is 5.11 Å². The van der Waals surface area contributed by atoms with E-state index in [1.807, 2.05) is 26.1 Å². The van der Waals surface area contributed by atoms with Gasteiger partial charge in [-0.25, -0.2) is 0 Å². The van der Waals surface area contributed by atoms with Gasteiger partial charge in [-0.2, -0.15) is 11.8 Å². The Morgan fingerprint density at radius 2 is 2.00 bits per heavy atom. The van der Waals surface area contributed by atoms with Gasteiger partial charge in [0.15, 0.2) is 0 Å². The molecule has 3 heteroatoms. The number of aromatic nitrogens is 1. The number of hydrogen-bond donors (Lipinski definition) is 1. The van der Waals surface area contributed by atoms with E-state index in [0.717, 1.165) is 11.3 Å². The van der Waals surface area contributed by atoms with Crippen molar-refractivity contribution < 1.29 is 5.11 Å². The summed E-state index contributed by atoms with van der Waals surface area (Å²) in [5, 5.41) is 10.9. The van der Waals surface area contributed by atoms with Crippen molar-refractivity contribution in [2.75, 3.05) is 0 Å². The zero-order valence-corrected chi connectivity index (χ0v) is 10.9. The highest BCUT2D eigenvalue weighted by molar-refractivity contribution is 7.99. The Morgan fingerprint density at radius 3 is 2.76 bits per heavy atom. The fraction of sp³-hybridized carbons (Fsp3) is 0.357. The number of pyridine rings is 1. The summed E-state index contributed by atoms with van der Waals surface area (Å²) in [6, 6.07) is 10.3. The fourth-order valence-electron chi connectivity index (χ4n) is 1.64. The highest BCUT2D eigenvalue weighted by Crippen LogP contribution is 2.24. The molecule has 2 aromatic rings. The van der Waals surface area contributed by atoms with Crippen LogP contribution >= 0.6 is 11.8 Å². The summed E-state index contributed by atoms with van der Waals surface area (Å²) in [7, 11) is 0. The van der Waals surface area contributed by atoms with Crippen LogP contribution in [0.3, 0.4) is 0 Å². The molecule has 2 rings (SSSR count). The number of hydrogen-bond acceptors (Lipinski definition) is 3. The van der Waals surface area contributed by atoms with Crippen LogP contribution in [0.1, 0.15) is 19.4 Å². The molecule has 0 saturated heterocycles. The van der Waals surface area contributed by atoms with Gasteiger partial charge in [0.1, 0.15) is 0 Å². The van der Waals surface area contributed by atoms with Gasteiger partial charge in [-0.15, -0.1) is 0 Å². The third-order valence-electron chi connectivity index (χ3n) is 2.90. The van der Waals surface area contributed by atoms with Crippen molar-refractivity contribution in [1.82, 2.24) is 4.98 Å². The van der Waals surface area contributed by atoms with Crippen molar-refractivity contribution >= 4 is 22.7 Å². The monoisotopic (exact) mass is 247 g/mol. The van der Waals surface area contributed by atoms with E-state index >= 15 is 0 Å². The molecule has 0 unspecified atom stereocenters. The van der Waals surface area contributed by atoms with Gasteiger partial charge >= 0.3 is 0 Å². The molecule has 0 aliphatic carbocycles. The number of fused-ring (bicyclic) bond motifs is 1. The summed E-state index contributed by atoms with van der Waals surface area (Å²) in [6.07, 6.45) is 1.55. The summed E-state index contributed by atoms with van der Waals surface area (Å²) < 4.78 is 0. The van der Waals surface area contributed by atoms with E-state index in [9.17, 15) is 5.11 Å². The molecule has 0 aliphatic heterocycles. The first-order valence-corrected chi connectivity index (χ1v) is 6.85. The molecule has 17 heavy (non-hydrogen) atoms. The van der Waals surface area contributed by atoms with Crippen molar-refractivity contribution in [2.45, 2.75) is 31.0 Å². The molecular weight excluding hydrogens is 230 g/mol. The predicted molar refractivity (Wildman–Crippen MR) is 74.2 cm³/mol. The van der Waals surface area contributed by atoms with Crippen molar-refractivity contribution in [1.29, 1.82) is 0 Å². The molecule has 0 fully saturated rings. The quantitative estimate of drug-likeness (QED) is 0.900. The molecule has 0 bridgehead atoms. The van der Waals surface area contributed by atoms with Gasteiger partial charge in [0.05, 0.1) is 11.6 Å². The smallest absolute Gasteiger partial charge is 0.0742 e. The second kappa shape index (κ2) is 5.52. The first-order valence-electron chi connectivity index (χ1n) is 5.81. The summed E-state index contributed by atoms with van der Waals surface area (Å²) in [5.41, 5.74) is 2.31. The minimum atomic E-state index is -0.275. The van der Waals surface area contributed by atoms with Crippen LogP contribution in [0.5, 0.6) is 0 Å². The molecule has 0 radical (unpaired) electrons. The Labute approximate surface area is 106 Å². The first-order chi connectivity index (χ1) is 8.18. The van der Waals surface area contributed by atoms with Crippen LogP contribution in [-0.4, -0.2) is 21.4 Å². The van der Waals surface area contributed by atoms with Gasteiger partial charge in [0.2, 0.25) is 0 Å². The van der Waals surface area contributed by atoms with Crippen LogP contribution in [0.15, 0.2) is 36.5 Å². The Hall–Kier alpha value is -1.06. The Morgan fingerprint density at radius 1 is 1.24 bits per heavy atom. The SMILES string of the molecule is C[C@H](O)[C@H](C)SCc1cccc2cccnc12. The topological polar surface area (TPSA) is 33.1 Å². The lowest BCUT2D eigenvalue weighted by Crippen LogP contribution is -2.15. The lowest BCUT2D eigenvalue weighted by molar-refractivity contribution is 0.196. The van der Waals surface area contributed by atoms with E-state index < -0.39 is 0 Å².